The molecule has 0 saturated carbocycles. The van der Waals surface area contributed by atoms with E-state index in [1.807, 2.05) is 12.1 Å². The number of carbonyl (C=O) groups is 1. The van der Waals surface area contributed by atoms with Gasteiger partial charge >= 0.3 is 5.97 Å². The lowest BCUT2D eigenvalue weighted by molar-refractivity contribution is 0.0697. The average molecular weight is 294 g/mol. The Morgan fingerprint density at radius 2 is 1.45 bits per heavy atom. The van der Waals surface area contributed by atoms with Crippen LogP contribution in [0.15, 0.2) is 58.7 Å². The quantitative estimate of drug-likeness (QED) is 0.651. The summed E-state index contributed by atoms with van der Waals surface area (Å²) >= 11 is 0. The van der Waals surface area contributed by atoms with Gasteiger partial charge in [-0.05, 0) is 35.2 Å². The molecule has 0 radical (unpaired) electrons. The molecule has 2 aromatic rings. The van der Waals surface area contributed by atoms with Gasteiger partial charge in [0.25, 0.3) is 0 Å². The molecular weight excluding hydrogens is 276 g/mol. The summed E-state index contributed by atoms with van der Waals surface area (Å²) in [5.74, 6) is -0.937. The summed E-state index contributed by atoms with van der Waals surface area (Å²) in [4.78, 5) is 10.7. The van der Waals surface area contributed by atoms with E-state index in [0.29, 0.717) is 0 Å². The molecule has 0 bridgehead atoms. The molecule has 0 atom stereocenters. The number of carboxylic acids is 1. The fourth-order valence-corrected chi connectivity index (χ4v) is 1.97. The molecule has 112 valence electrons. The molecule has 0 unspecified atom stereocenters. The van der Waals surface area contributed by atoms with E-state index < -0.39 is 5.97 Å². The lowest BCUT2D eigenvalue weighted by Gasteiger charge is -1.98. The van der Waals surface area contributed by atoms with E-state index in [9.17, 15) is 4.79 Å². The Morgan fingerprint density at radius 3 is 1.91 bits per heavy atom. The van der Waals surface area contributed by atoms with Gasteiger partial charge in [-0.3, -0.25) is 0 Å². The predicted octanol–water partition coefficient (Wildman–Crippen LogP) is 3.79. The summed E-state index contributed by atoms with van der Waals surface area (Å²) in [7, 11) is 0. The first-order chi connectivity index (χ1) is 10.7. The highest BCUT2D eigenvalue weighted by atomic mass is 16.4. The number of aromatic carboxylic acids is 1. The molecule has 1 N–H and O–H groups in total. The van der Waals surface area contributed by atoms with E-state index in [2.05, 4.69) is 29.3 Å². The second-order valence-electron chi connectivity index (χ2n) is 4.91. The second-order valence-corrected chi connectivity index (χ2v) is 4.91. The van der Waals surface area contributed by atoms with Gasteiger partial charge < -0.3 is 5.11 Å². The molecule has 22 heavy (non-hydrogen) atoms. The summed E-state index contributed by atoms with van der Waals surface area (Å²) in [6.07, 6.45) is 5.51. The van der Waals surface area contributed by atoms with Gasteiger partial charge in [-0.15, -0.1) is 0 Å². The van der Waals surface area contributed by atoms with E-state index in [1.165, 1.54) is 5.56 Å². The Hall–Kier alpha value is -2.75. The zero-order valence-electron chi connectivity index (χ0n) is 12.4. The summed E-state index contributed by atoms with van der Waals surface area (Å²) in [6.45, 7) is 2.16. The minimum absolute atomic E-state index is 0.257. The number of hydrogen-bond acceptors (Lipinski definition) is 3. The molecule has 0 amide bonds. The van der Waals surface area contributed by atoms with Crippen LogP contribution in [0.4, 0.5) is 0 Å². The first-order valence-electron chi connectivity index (χ1n) is 7.17. The Morgan fingerprint density at radius 1 is 0.955 bits per heavy atom. The molecule has 0 aliphatic carbocycles. The highest BCUT2D eigenvalue weighted by Crippen LogP contribution is 2.05. The summed E-state index contributed by atoms with van der Waals surface area (Å²) in [5.41, 5.74) is 3.38. The fraction of sp³-hybridized carbons (Fsp3) is 0.167. The third-order valence-corrected chi connectivity index (χ3v) is 3.16. The largest absolute Gasteiger partial charge is 0.478 e. The number of hydrogen-bond donors (Lipinski definition) is 1. The van der Waals surface area contributed by atoms with Crippen molar-refractivity contribution < 1.29 is 9.90 Å². The molecule has 0 heterocycles. The van der Waals surface area contributed by atoms with Crippen molar-refractivity contribution in [3.8, 4) is 0 Å². The molecule has 0 aliphatic heterocycles. The van der Waals surface area contributed by atoms with E-state index in [4.69, 9.17) is 5.11 Å². The van der Waals surface area contributed by atoms with Gasteiger partial charge in [-0.1, -0.05) is 49.7 Å². The number of aryl methyl sites for hydroxylation is 1. The van der Waals surface area contributed by atoms with E-state index in [-0.39, 0.29) is 5.56 Å². The highest BCUT2D eigenvalue weighted by Gasteiger charge is 1.99. The smallest absolute Gasteiger partial charge is 0.335 e. The van der Waals surface area contributed by atoms with Gasteiger partial charge in [0.1, 0.15) is 0 Å². The summed E-state index contributed by atoms with van der Waals surface area (Å²) < 4.78 is 0. The van der Waals surface area contributed by atoms with Crippen molar-refractivity contribution in [1.82, 2.24) is 0 Å². The maximum atomic E-state index is 10.7. The molecule has 2 aromatic carbocycles. The minimum Gasteiger partial charge on any atom is -0.478 e. The predicted molar refractivity (Wildman–Crippen MR) is 89.0 cm³/mol. The second kappa shape index (κ2) is 7.88. The Bertz CT molecular complexity index is 671. The highest BCUT2D eigenvalue weighted by molar-refractivity contribution is 5.89. The number of benzene rings is 2. The van der Waals surface area contributed by atoms with Gasteiger partial charge in [-0.25, -0.2) is 4.79 Å². The van der Waals surface area contributed by atoms with Crippen LogP contribution in [0.5, 0.6) is 0 Å². The number of rotatable bonds is 6. The molecular formula is C18H18N2O2. The van der Waals surface area contributed by atoms with Crippen LogP contribution in [0.2, 0.25) is 0 Å². The van der Waals surface area contributed by atoms with Crippen LogP contribution in [-0.2, 0) is 6.42 Å². The third kappa shape index (κ3) is 4.66. The van der Waals surface area contributed by atoms with Crippen molar-refractivity contribution in [2.45, 2.75) is 19.8 Å². The Kier molecular flexibility index (Phi) is 5.60. The normalized spacial score (nSPS) is 11.3. The van der Waals surface area contributed by atoms with Crippen LogP contribution in [0.3, 0.4) is 0 Å². The SMILES string of the molecule is CCCc1ccc(/C=N/N=C/c2ccc(C(=O)O)cc2)cc1. The minimum atomic E-state index is -0.937. The number of carboxylic acid groups (broad SMARTS) is 1. The Labute approximate surface area is 129 Å². The summed E-state index contributed by atoms with van der Waals surface area (Å²) in [6, 6.07) is 14.7. The lowest BCUT2D eigenvalue weighted by Crippen LogP contribution is -1.95. The standard InChI is InChI=1S/C18H18N2O2/c1-2-3-14-4-6-15(7-5-14)12-19-20-13-16-8-10-17(11-9-16)18(21)22/h4-13H,2-3H2,1H3,(H,21,22)/b19-12+,20-13+. The van der Waals surface area contributed by atoms with Crippen molar-refractivity contribution in [2.75, 3.05) is 0 Å². The third-order valence-electron chi connectivity index (χ3n) is 3.16. The molecule has 0 fully saturated rings. The van der Waals surface area contributed by atoms with Crippen LogP contribution < -0.4 is 0 Å². The van der Waals surface area contributed by atoms with E-state index >= 15 is 0 Å². The van der Waals surface area contributed by atoms with Crippen LogP contribution >= 0.6 is 0 Å². The maximum Gasteiger partial charge on any atom is 0.335 e. The van der Waals surface area contributed by atoms with Crippen molar-refractivity contribution >= 4 is 18.4 Å². The molecule has 4 nitrogen and oxygen atoms in total. The van der Waals surface area contributed by atoms with Crippen LogP contribution in [-0.4, -0.2) is 23.5 Å². The molecule has 0 spiro atoms. The topological polar surface area (TPSA) is 62.0 Å². The molecule has 0 saturated heterocycles. The van der Waals surface area contributed by atoms with Crippen LogP contribution in [0, 0.1) is 0 Å². The average Bonchev–Trinajstić information content (AvgIpc) is 2.54. The molecule has 4 heteroatoms. The van der Waals surface area contributed by atoms with Gasteiger partial charge in [0, 0.05) is 0 Å². The monoisotopic (exact) mass is 294 g/mol. The van der Waals surface area contributed by atoms with Crippen LogP contribution in [0.1, 0.15) is 40.4 Å². The van der Waals surface area contributed by atoms with Gasteiger partial charge in [0.15, 0.2) is 0 Å². The summed E-state index contributed by atoms with van der Waals surface area (Å²) in [5, 5.41) is 16.8. The van der Waals surface area contributed by atoms with Crippen molar-refractivity contribution in [3.05, 3.63) is 70.8 Å². The fourth-order valence-electron chi connectivity index (χ4n) is 1.97. The van der Waals surface area contributed by atoms with Crippen molar-refractivity contribution in [1.29, 1.82) is 0 Å². The first-order valence-corrected chi connectivity index (χ1v) is 7.17. The van der Waals surface area contributed by atoms with E-state index in [1.54, 1.807) is 36.7 Å². The Balaban J connectivity index is 1.94. The zero-order valence-corrected chi connectivity index (χ0v) is 12.4. The lowest BCUT2D eigenvalue weighted by atomic mass is 10.1. The molecule has 0 aromatic heterocycles. The molecule has 2 rings (SSSR count). The maximum absolute atomic E-state index is 10.7. The molecule has 0 aliphatic rings. The number of nitrogens with zero attached hydrogens (tertiary/aromatic N) is 2. The van der Waals surface area contributed by atoms with Crippen LogP contribution in [0.25, 0.3) is 0 Å². The van der Waals surface area contributed by atoms with Crippen molar-refractivity contribution in [2.24, 2.45) is 10.2 Å². The van der Waals surface area contributed by atoms with Crippen molar-refractivity contribution in [3.63, 3.8) is 0 Å². The van der Waals surface area contributed by atoms with Gasteiger partial charge in [0.05, 0.1) is 18.0 Å². The van der Waals surface area contributed by atoms with Gasteiger partial charge in [0.2, 0.25) is 0 Å². The zero-order chi connectivity index (χ0) is 15.8. The van der Waals surface area contributed by atoms with E-state index in [0.717, 1.165) is 24.0 Å². The van der Waals surface area contributed by atoms with Gasteiger partial charge in [-0.2, -0.15) is 10.2 Å². The first kappa shape index (κ1) is 15.6.